The number of aliphatic carboxylic acids is 1. The average Bonchev–Trinajstić information content (AvgIpc) is 3.12. The van der Waals surface area contributed by atoms with Crippen molar-refractivity contribution >= 4 is 46.7 Å². The van der Waals surface area contributed by atoms with E-state index in [0.29, 0.717) is 48.4 Å². The summed E-state index contributed by atoms with van der Waals surface area (Å²) in [6.45, 7) is 4.85. The van der Waals surface area contributed by atoms with E-state index < -0.39 is 12.1 Å². The molecule has 3 fully saturated rings. The molecule has 1 N–H and O–H groups in total. The van der Waals surface area contributed by atoms with Gasteiger partial charge in [0.2, 0.25) is 11.8 Å². The monoisotopic (exact) mass is 759 g/mol. The van der Waals surface area contributed by atoms with Gasteiger partial charge in [0.1, 0.15) is 5.82 Å². The molecule has 8 nitrogen and oxygen atoms in total. The topological polar surface area (TPSA) is 90.4 Å². The van der Waals surface area contributed by atoms with Crippen LogP contribution >= 0.6 is 23.2 Å². The molecule has 0 aromatic heterocycles. The summed E-state index contributed by atoms with van der Waals surface area (Å²) in [6, 6.07) is 12.3. The third kappa shape index (κ3) is 12.3. The standard InChI is InChI=1S/C35H46Cl2FN3O3.C2HF3O2/c1-44-31-10-5-27(6-11-31)34(42)40-21-15-28(16-22-40)35(43)41(30-9-12-32(36)33(37)24-30)18-2-17-39-19-13-26(14-20-39)23-25-3-7-29(38)8-4-25;3-2(4,5)1(6)7/h3-4,7-9,12,24,26-28,31H,2,5-6,10-11,13-23H2,1H3;(H,6,7). The van der Waals surface area contributed by atoms with E-state index in [1.54, 1.807) is 31.4 Å². The highest BCUT2D eigenvalue weighted by Gasteiger charge is 2.38. The van der Waals surface area contributed by atoms with E-state index in [9.17, 15) is 27.2 Å². The number of anilines is 1. The second-order valence-corrected chi connectivity index (χ2v) is 14.5. The molecule has 2 saturated heterocycles. The average molecular weight is 761 g/mol. The number of rotatable bonds is 10. The van der Waals surface area contributed by atoms with E-state index in [1.807, 2.05) is 28.0 Å². The van der Waals surface area contributed by atoms with Crippen LogP contribution in [0.3, 0.4) is 0 Å². The van der Waals surface area contributed by atoms with Gasteiger partial charge >= 0.3 is 12.1 Å². The van der Waals surface area contributed by atoms with Crippen molar-refractivity contribution in [2.75, 3.05) is 51.3 Å². The van der Waals surface area contributed by atoms with Crippen molar-refractivity contribution in [3.8, 4) is 0 Å². The van der Waals surface area contributed by atoms with Crippen LogP contribution in [0.1, 0.15) is 63.4 Å². The zero-order chi connectivity index (χ0) is 37.1. The fourth-order valence-electron chi connectivity index (χ4n) is 7.21. The molecule has 0 spiro atoms. The maximum Gasteiger partial charge on any atom is 0.490 e. The lowest BCUT2D eigenvalue weighted by Crippen LogP contribution is -2.47. The number of benzene rings is 2. The Morgan fingerprint density at radius 1 is 0.863 bits per heavy atom. The van der Waals surface area contributed by atoms with Gasteiger partial charge in [0.05, 0.1) is 16.1 Å². The van der Waals surface area contributed by atoms with Crippen LogP contribution in [0.5, 0.6) is 0 Å². The second kappa shape index (κ2) is 19.2. The molecule has 0 atom stereocenters. The number of likely N-dealkylation sites (tertiary alicyclic amines) is 2. The Labute approximate surface area is 307 Å². The third-order valence-corrected chi connectivity index (χ3v) is 11.0. The van der Waals surface area contributed by atoms with Gasteiger partial charge in [-0.1, -0.05) is 35.3 Å². The van der Waals surface area contributed by atoms with Crippen molar-refractivity contribution < 1.29 is 41.8 Å². The van der Waals surface area contributed by atoms with Crippen molar-refractivity contribution in [2.24, 2.45) is 17.8 Å². The Balaban J connectivity index is 0.000000755. The van der Waals surface area contributed by atoms with Crippen LogP contribution < -0.4 is 4.90 Å². The van der Waals surface area contributed by atoms with Crippen LogP contribution in [0, 0.1) is 23.6 Å². The summed E-state index contributed by atoms with van der Waals surface area (Å²) in [4.78, 5) is 42.4. The van der Waals surface area contributed by atoms with E-state index in [4.69, 9.17) is 37.8 Å². The van der Waals surface area contributed by atoms with Crippen LogP contribution in [-0.2, 0) is 25.5 Å². The maximum absolute atomic E-state index is 14.0. The highest BCUT2D eigenvalue weighted by molar-refractivity contribution is 6.42. The molecule has 2 amide bonds. The number of hydrogen-bond acceptors (Lipinski definition) is 5. The number of carboxylic acids is 1. The zero-order valence-corrected chi connectivity index (χ0v) is 30.4. The van der Waals surface area contributed by atoms with Gasteiger partial charge in [-0.25, -0.2) is 9.18 Å². The fraction of sp³-hybridized carbons (Fsp3) is 0.595. The number of piperidine rings is 2. The molecule has 2 heterocycles. The Hall–Kier alpha value is -2.93. The zero-order valence-electron chi connectivity index (χ0n) is 28.9. The molecule has 282 valence electrons. The van der Waals surface area contributed by atoms with Gasteiger partial charge in [-0.15, -0.1) is 0 Å². The minimum absolute atomic E-state index is 0.0781. The quantitative estimate of drug-likeness (QED) is 0.248. The minimum atomic E-state index is -5.08. The molecule has 1 saturated carbocycles. The number of alkyl halides is 3. The molecule has 2 aromatic rings. The molecule has 5 rings (SSSR count). The van der Waals surface area contributed by atoms with Crippen LogP contribution in [0.15, 0.2) is 42.5 Å². The van der Waals surface area contributed by atoms with Crippen molar-refractivity contribution in [1.29, 1.82) is 0 Å². The first kappa shape index (κ1) is 40.8. The highest BCUT2D eigenvalue weighted by atomic mass is 35.5. The molecule has 14 heteroatoms. The van der Waals surface area contributed by atoms with Gasteiger partial charge in [0.25, 0.3) is 0 Å². The summed E-state index contributed by atoms with van der Waals surface area (Å²) in [5, 5.41) is 8.03. The van der Waals surface area contributed by atoms with E-state index in [-0.39, 0.29) is 35.6 Å². The maximum atomic E-state index is 14.0. The summed E-state index contributed by atoms with van der Waals surface area (Å²) in [5.41, 5.74) is 1.97. The number of ether oxygens (including phenoxy) is 1. The Bertz CT molecular complexity index is 1440. The summed E-state index contributed by atoms with van der Waals surface area (Å²) < 4.78 is 50.5. The smallest absolute Gasteiger partial charge is 0.475 e. The van der Waals surface area contributed by atoms with Crippen molar-refractivity contribution in [1.82, 2.24) is 9.80 Å². The van der Waals surface area contributed by atoms with E-state index in [2.05, 4.69) is 4.90 Å². The lowest BCUT2D eigenvalue weighted by atomic mass is 9.85. The third-order valence-electron chi connectivity index (χ3n) is 10.2. The Morgan fingerprint density at radius 2 is 1.47 bits per heavy atom. The first-order valence-electron chi connectivity index (χ1n) is 17.6. The molecular weight excluding hydrogens is 713 g/mol. The number of carbonyl (C=O) groups excluding carboxylic acids is 2. The van der Waals surface area contributed by atoms with Gasteiger partial charge in [0.15, 0.2) is 0 Å². The van der Waals surface area contributed by atoms with E-state index in [0.717, 1.165) is 76.7 Å². The number of amides is 2. The number of nitrogens with zero attached hydrogens (tertiary/aromatic N) is 3. The number of hydrogen-bond donors (Lipinski definition) is 1. The molecule has 51 heavy (non-hydrogen) atoms. The van der Waals surface area contributed by atoms with E-state index in [1.165, 1.54) is 5.56 Å². The van der Waals surface area contributed by atoms with Crippen LogP contribution in [0.25, 0.3) is 0 Å². The number of carboxylic acid groups (broad SMARTS) is 1. The highest BCUT2D eigenvalue weighted by Crippen LogP contribution is 2.32. The van der Waals surface area contributed by atoms with Crippen molar-refractivity contribution in [2.45, 2.75) is 76.5 Å². The Morgan fingerprint density at radius 3 is 2.02 bits per heavy atom. The van der Waals surface area contributed by atoms with Crippen LogP contribution in [-0.4, -0.2) is 91.3 Å². The van der Waals surface area contributed by atoms with Gasteiger partial charge in [-0.2, -0.15) is 13.2 Å². The molecule has 3 aliphatic rings. The first-order chi connectivity index (χ1) is 24.2. The largest absolute Gasteiger partial charge is 0.490 e. The molecule has 0 radical (unpaired) electrons. The fourth-order valence-corrected chi connectivity index (χ4v) is 7.50. The summed E-state index contributed by atoms with van der Waals surface area (Å²) in [6.07, 6.45) is 4.28. The minimum Gasteiger partial charge on any atom is -0.475 e. The summed E-state index contributed by atoms with van der Waals surface area (Å²) in [5.74, 6) is -2.03. The second-order valence-electron chi connectivity index (χ2n) is 13.7. The number of methoxy groups -OCH3 is 1. The molecule has 0 unspecified atom stereocenters. The van der Waals surface area contributed by atoms with Gasteiger partial charge in [-0.05, 0) is 126 Å². The molecule has 2 aliphatic heterocycles. The normalized spacial score (nSPS) is 20.7. The number of halogens is 6. The molecule has 2 aromatic carbocycles. The number of carbonyl (C=O) groups is 3. The lowest BCUT2D eigenvalue weighted by Gasteiger charge is -2.37. The first-order valence-corrected chi connectivity index (χ1v) is 18.4. The summed E-state index contributed by atoms with van der Waals surface area (Å²) >= 11 is 12.6. The predicted molar refractivity (Wildman–Crippen MR) is 188 cm³/mol. The predicted octanol–water partition coefficient (Wildman–Crippen LogP) is 7.89. The molecule has 1 aliphatic carbocycles. The van der Waals surface area contributed by atoms with Crippen LogP contribution in [0.4, 0.5) is 23.2 Å². The van der Waals surface area contributed by atoms with Crippen LogP contribution in [0.2, 0.25) is 10.0 Å². The van der Waals surface area contributed by atoms with Crippen molar-refractivity contribution in [3.05, 3.63) is 63.9 Å². The van der Waals surface area contributed by atoms with Gasteiger partial charge in [0, 0.05) is 44.3 Å². The lowest BCUT2D eigenvalue weighted by molar-refractivity contribution is -0.192. The SMILES string of the molecule is COC1CCC(C(=O)N2CCC(C(=O)N(CCCN3CCC(Cc4ccc(F)cc4)CC3)c3ccc(Cl)c(Cl)c3)CC2)CC1.O=C(O)C(F)(F)F. The Kier molecular flexibility index (Phi) is 15.4. The molecular formula is C37H47Cl2F4N3O5. The van der Waals surface area contributed by atoms with Crippen molar-refractivity contribution in [3.63, 3.8) is 0 Å². The molecule has 0 bridgehead atoms. The van der Waals surface area contributed by atoms with E-state index >= 15 is 0 Å². The van der Waals surface area contributed by atoms with Gasteiger partial charge < -0.3 is 24.5 Å². The van der Waals surface area contributed by atoms with Gasteiger partial charge in [-0.3, -0.25) is 9.59 Å². The summed E-state index contributed by atoms with van der Waals surface area (Å²) in [7, 11) is 1.75.